The highest BCUT2D eigenvalue weighted by Crippen LogP contribution is 2.36. The molecule has 0 atom stereocenters. The van der Waals surface area contributed by atoms with Gasteiger partial charge in [0.15, 0.2) is 6.61 Å². The van der Waals surface area contributed by atoms with Crippen LogP contribution in [0, 0.1) is 13.8 Å². The molecule has 0 radical (unpaired) electrons. The van der Waals surface area contributed by atoms with Gasteiger partial charge >= 0.3 is 5.97 Å². The fourth-order valence-electron chi connectivity index (χ4n) is 3.38. The molecule has 1 heterocycles. The number of esters is 1. The van der Waals surface area contributed by atoms with Crippen LogP contribution in [-0.2, 0) is 9.53 Å². The van der Waals surface area contributed by atoms with Crippen LogP contribution in [0.4, 0.5) is 10.7 Å². The van der Waals surface area contributed by atoms with E-state index in [1.807, 2.05) is 25.1 Å². The monoisotopic (exact) mass is 512 g/mol. The average Bonchev–Trinajstić information content (AvgIpc) is 3.19. The zero-order valence-electron chi connectivity index (χ0n) is 20.7. The Balaban J connectivity index is 1.86. The van der Waals surface area contributed by atoms with Crippen molar-refractivity contribution in [1.29, 1.82) is 0 Å². The van der Waals surface area contributed by atoms with E-state index in [0.717, 1.165) is 16.9 Å². The van der Waals surface area contributed by atoms with Gasteiger partial charge in [0.25, 0.3) is 11.8 Å². The summed E-state index contributed by atoms with van der Waals surface area (Å²) in [4.78, 5) is 38.8. The number of hydrogen-bond donors (Lipinski definition) is 2. The highest BCUT2D eigenvalue weighted by atomic mass is 32.1. The fraction of sp³-hybridized carbons (Fsp3) is 0.269. The van der Waals surface area contributed by atoms with Gasteiger partial charge in [-0.15, -0.1) is 11.3 Å². The number of methoxy groups -OCH3 is 2. The summed E-state index contributed by atoms with van der Waals surface area (Å²) in [6.45, 7) is 5.04. The first-order valence-electron chi connectivity index (χ1n) is 11.1. The zero-order chi connectivity index (χ0) is 26.2. The van der Waals surface area contributed by atoms with E-state index in [2.05, 4.69) is 10.6 Å². The first kappa shape index (κ1) is 26.6. The van der Waals surface area contributed by atoms with Crippen LogP contribution in [0.5, 0.6) is 17.2 Å². The molecule has 0 saturated heterocycles. The second kappa shape index (κ2) is 12.1. The number of hydrogen-bond acceptors (Lipinski definition) is 8. The third-order valence-corrected chi connectivity index (χ3v) is 6.40. The van der Waals surface area contributed by atoms with Crippen LogP contribution in [0.15, 0.2) is 42.5 Å². The highest BCUT2D eigenvalue weighted by molar-refractivity contribution is 7.19. The van der Waals surface area contributed by atoms with E-state index < -0.39 is 17.8 Å². The van der Waals surface area contributed by atoms with Crippen LogP contribution >= 0.6 is 11.3 Å². The Morgan fingerprint density at radius 3 is 2.36 bits per heavy atom. The van der Waals surface area contributed by atoms with Crippen LogP contribution in [0.3, 0.4) is 0 Å². The van der Waals surface area contributed by atoms with Gasteiger partial charge in [0.1, 0.15) is 22.2 Å². The normalized spacial score (nSPS) is 10.4. The number of carbonyl (C=O) groups is 3. The van der Waals surface area contributed by atoms with E-state index in [-0.39, 0.29) is 28.7 Å². The van der Waals surface area contributed by atoms with Crippen LogP contribution in [0.25, 0.3) is 0 Å². The summed E-state index contributed by atoms with van der Waals surface area (Å²) < 4.78 is 21.3. The van der Waals surface area contributed by atoms with E-state index in [9.17, 15) is 14.4 Å². The van der Waals surface area contributed by atoms with Gasteiger partial charge in [0, 0.05) is 6.07 Å². The van der Waals surface area contributed by atoms with Gasteiger partial charge in [0.05, 0.1) is 37.0 Å². The van der Waals surface area contributed by atoms with Gasteiger partial charge in [0.2, 0.25) is 0 Å². The number of anilines is 2. The molecular weight excluding hydrogens is 484 g/mol. The van der Waals surface area contributed by atoms with Crippen molar-refractivity contribution < 1.29 is 33.3 Å². The van der Waals surface area contributed by atoms with Crippen molar-refractivity contribution in [3.05, 3.63) is 64.0 Å². The number of benzene rings is 2. The smallest absolute Gasteiger partial charge is 0.341 e. The number of para-hydroxylation sites is 1. The maximum absolute atomic E-state index is 13.2. The molecule has 0 aliphatic rings. The molecule has 2 aromatic carbocycles. The van der Waals surface area contributed by atoms with Crippen LogP contribution in [0.1, 0.15) is 38.1 Å². The zero-order valence-corrected chi connectivity index (χ0v) is 21.5. The lowest BCUT2D eigenvalue weighted by molar-refractivity contribution is -0.118. The van der Waals surface area contributed by atoms with Gasteiger partial charge in [-0.05, 0) is 50.1 Å². The van der Waals surface area contributed by atoms with Crippen molar-refractivity contribution in [2.24, 2.45) is 0 Å². The molecule has 36 heavy (non-hydrogen) atoms. The summed E-state index contributed by atoms with van der Waals surface area (Å²) >= 11 is 0.972. The predicted molar refractivity (Wildman–Crippen MR) is 138 cm³/mol. The minimum Gasteiger partial charge on any atom is -0.497 e. The van der Waals surface area contributed by atoms with E-state index >= 15 is 0 Å². The van der Waals surface area contributed by atoms with Crippen LogP contribution in [-0.4, -0.2) is 45.2 Å². The largest absolute Gasteiger partial charge is 0.497 e. The molecule has 9 nitrogen and oxygen atoms in total. The molecule has 0 fully saturated rings. The third kappa shape index (κ3) is 6.14. The van der Waals surface area contributed by atoms with Crippen molar-refractivity contribution in [3.8, 4) is 17.2 Å². The molecular formula is C26H28N2O7S. The molecule has 1 aromatic heterocycles. The Morgan fingerprint density at radius 1 is 0.944 bits per heavy atom. The lowest BCUT2D eigenvalue weighted by atomic mass is 10.1. The topological polar surface area (TPSA) is 112 Å². The Kier molecular flexibility index (Phi) is 8.91. The highest BCUT2D eigenvalue weighted by Gasteiger charge is 2.27. The SMILES string of the molecule is CCOC(=O)c1c(NC(=O)COc2ccccc2C)sc(C(=O)Nc2cc(OC)ccc2OC)c1C. The maximum Gasteiger partial charge on any atom is 0.341 e. The van der Waals surface area contributed by atoms with Gasteiger partial charge in [-0.25, -0.2) is 4.79 Å². The van der Waals surface area contributed by atoms with E-state index in [4.69, 9.17) is 18.9 Å². The van der Waals surface area contributed by atoms with Crippen LogP contribution in [0.2, 0.25) is 0 Å². The molecule has 2 N–H and O–H groups in total. The van der Waals surface area contributed by atoms with Crippen molar-refractivity contribution in [2.45, 2.75) is 20.8 Å². The molecule has 2 amide bonds. The molecule has 3 aromatic rings. The molecule has 0 unspecified atom stereocenters. The number of nitrogens with one attached hydrogen (secondary N) is 2. The number of rotatable bonds is 10. The standard InChI is InChI=1S/C26H28N2O7S/c1-6-34-26(31)22-16(3)23(24(30)27-18-13-17(32-4)11-12-20(18)33-5)36-25(22)28-21(29)14-35-19-10-8-7-9-15(19)2/h7-13H,6,14H2,1-5H3,(H,27,30)(H,28,29). The predicted octanol–water partition coefficient (Wildman–Crippen LogP) is 4.83. The fourth-order valence-corrected chi connectivity index (χ4v) is 4.49. The molecule has 10 heteroatoms. The summed E-state index contributed by atoms with van der Waals surface area (Å²) in [6, 6.07) is 12.3. The van der Waals surface area contributed by atoms with Crippen molar-refractivity contribution in [2.75, 3.05) is 38.1 Å². The molecule has 0 saturated carbocycles. The first-order valence-corrected chi connectivity index (χ1v) is 11.9. The van der Waals surface area contributed by atoms with Gasteiger partial charge in [-0.1, -0.05) is 18.2 Å². The molecule has 190 valence electrons. The first-order chi connectivity index (χ1) is 17.3. The maximum atomic E-state index is 13.2. The number of thiophene rings is 1. The molecule has 0 aliphatic carbocycles. The minimum absolute atomic E-state index is 0.119. The number of aryl methyl sites for hydroxylation is 1. The Hall–Kier alpha value is -4.05. The molecule has 0 aliphatic heterocycles. The van der Waals surface area contributed by atoms with Crippen LogP contribution < -0.4 is 24.8 Å². The van der Waals surface area contributed by atoms with Gasteiger partial charge in [-0.3, -0.25) is 9.59 Å². The Labute approximate surface area is 213 Å². The minimum atomic E-state index is -0.639. The third-order valence-electron chi connectivity index (χ3n) is 5.19. The summed E-state index contributed by atoms with van der Waals surface area (Å²) in [5, 5.41) is 5.68. The van der Waals surface area contributed by atoms with Gasteiger partial charge in [-0.2, -0.15) is 0 Å². The summed E-state index contributed by atoms with van der Waals surface area (Å²) in [5.41, 5.74) is 1.78. The second-order valence-electron chi connectivity index (χ2n) is 7.60. The molecule has 0 spiro atoms. The summed E-state index contributed by atoms with van der Waals surface area (Å²) in [5.74, 6) is -0.0567. The number of ether oxygens (including phenoxy) is 4. The van der Waals surface area contributed by atoms with E-state index in [1.165, 1.54) is 14.2 Å². The summed E-state index contributed by atoms with van der Waals surface area (Å²) in [7, 11) is 3.00. The van der Waals surface area contributed by atoms with Crippen molar-refractivity contribution in [3.63, 3.8) is 0 Å². The lowest BCUT2D eigenvalue weighted by Gasteiger charge is -2.11. The van der Waals surface area contributed by atoms with Crippen molar-refractivity contribution in [1.82, 2.24) is 0 Å². The average molecular weight is 513 g/mol. The number of amides is 2. The Bertz CT molecular complexity index is 1270. The van der Waals surface area contributed by atoms with E-state index in [0.29, 0.717) is 28.5 Å². The van der Waals surface area contributed by atoms with E-state index in [1.54, 1.807) is 38.1 Å². The molecule has 3 rings (SSSR count). The lowest BCUT2D eigenvalue weighted by Crippen LogP contribution is -2.21. The molecule has 0 bridgehead atoms. The quantitative estimate of drug-likeness (QED) is 0.374. The van der Waals surface area contributed by atoms with Crippen molar-refractivity contribution >= 4 is 39.8 Å². The number of carbonyl (C=O) groups excluding carboxylic acids is 3. The van der Waals surface area contributed by atoms with Gasteiger partial charge < -0.3 is 29.6 Å². The second-order valence-corrected chi connectivity index (χ2v) is 8.62. The Morgan fingerprint density at radius 2 is 1.69 bits per heavy atom. The summed E-state index contributed by atoms with van der Waals surface area (Å²) in [6.07, 6.45) is 0.